The number of nitrogens with one attached hydrogen (secondary N) is 2. The summed E-state index contributed by atoms with van der Waals surface area (Å²) in [6.07, 6.45) is -0.700. The van der Waals surface area contributed by atoms with Gasteiger partial charge >= 0.3 is 12.1 Å². The molecule has 2 N–H and O–H groups in total. The molecule has 1 aliphatic heterocycles. The summed E-state index contributed by atoms with van der Waals surface area (Å²) in [6, 6.07) is 15.7. The van der Waals surface area contributed by atoms with Gasteiger partial charge in [0.1, 0.15) is 0 Å². The van der Waals surface area contributed by atoms with Gasteiger partial charge in [0.25, 0.3) is 0 Å². The first-order chi connectivity index (χ1) is 13.2. The van der Waals surface area contributed by atoms with E-state index in [-0.39, 0.29) is 6.03 Å². The first kappa shape index (κ1) is 20.0. The number of hydroxylamine groups is 1. The van der Waals surface area contributed by atoms with E-state index in [1.165, 1.54) is 0 Å². The first-order valence-corrected chi connectivity index (χ1v) is 9.18. The fourth-order valence-electron chi connectivity index (χ4n) is 3.12. The highest BCUT2D eigenvalue weighted by molar-refractivity contribution is 6.30. The normalized spacial score (nSPS) is 21.0. The van der Waals surface area contributed by atoms with Crippen LogP contribution in [0, 0.1) is 0 Å². The number of hydrogen-bond acceptors (Lipinski definition) is 4. The number of likely N-dealkylation sites (N-methyl/N-ethyl adjacent to an activating group) is 1. The van der Waals surface area contributed by atoms with Gasteiger partial charge < -0.3 is 9.74 Å². The number of para-hydroxylation sites is 1. The molecule has 0 aliphatic carbocycles. The Balaban J connectivity index is 1.81. The van der Waals surface area contributed by atoms with Crippen molar-refractivity contribution in [3.8, 4) is 0 Å². The summed E-state index contributed by atoms with van der Waals surface area (Å²) in [5.74, 6) is 0. The molecule has 8 heteroatoms. The Morgan fingerprint density at radius 1 is 1.04 bits per heavy atom. The summed E-state index contributed by atoms with van der Waals surface area (Å²) >= 11 is 5.85. The molecule has 1 aliphatic rings. The van der Waals surface area contributed by atoms with Gasteiger partial charge in [0.15, 0.2) is 5.66 Å². The minimum atomic E-state index is -1.02. The van der Waals surface area contributed by atoms with Gasteiger partial charge in [-0.3, -0.25) is 10.2 Å². The molecule has 0 bridgehead atoms. The van der Waals surface area contributed by atoms with Crippen LogP contribution in [0.15, 0.2) is 54.6 Å². The molecule has 28 heavy (non-hydrogen) atoms. The van der Waals surface area contributed by atoms with Crippen LogP contribution in [0.3, 0.4) is 0 Å². The predicted octanol–water partition coefficient (Wildman–Crippen LogP) is 4.46. The zero-order valence-electron chi connectivity index (χ0n) is 16.2. The van der Waals surface area contributed by atoms with Gasteiger partial charge in [-0.1, -0.05) is 29.8 Å². The second-order valence-electron chi connectivity index (χ2n) is 7.27. The van der Waals surface area contributed by atoms with E-state index in [1.54, 1.807) is 41.1 Å². The third-order valence-corrected chi connectivity index (χ3v) is 5.65. The molecule has 3 amide bonds. The third-order valence-electron chi connectivity index (χ3n) is 5.40. The van der Waals surface area contributed by atoms with Crippen molar-refractivity contribution < 1.29 is 14.4 Å². The lowest BCUT2D eigenvalue weighted by Gasteiger charge is -2.42. The van der Waals surface area contributed by atoms with E-state index in [1.807, 2.05) is 51.1 Å². The molecular formula is C20H23ClN4O3. The number of amides is 3. The summed E-state index contributed by atoms with van der Waals surface area (Å²) in [4.78, 5) is 33.7. The van der Waals surface area contributed by atoms with E-state index >= 15 is 0 Å². The van der Waals surface area contributed by atoms with Crippen molar-refractivity contribution in [3.63, 3.8) is 0 Å². The summed E-state index contributed by atoms with van der Waals surface area (Å²) in [6.45, 7) is 5.62. The third kappa shape index (κ3) is 3.39. The van der Waals surface area contributed by atoms with Crippen molar-refractivity contribution in [1.82, 2.24) is 10.4 Å². The molecule has 0 spiro atoms. The molecule has 1 fully saturated rings. The molecule has 0 unspecified atom stereocenters. The lowest BCUT2D eigenvalue weighted by Crippen LogP contribution is -2.65. The van der Waals surface area contributed by atoms with E-state index in [0.717, 1.165) is 0 Å². The van der Waals surface area contributed by atoms with Crippen molar-refractivity contribution in [2.75, 3.05) is 17.3 Å². The molecular weight excluding hydrogens is 380 g/mol. The molecule has 2 aromatic carbocycles. The van der Waals surface area contributed by atoms with Crippen LogP contribution in [0.5, 0.6) is 0 Å². The number of urea groups is 1. The largest absolute Gasteiger partial charge is 0.430 e. The molecule has 3 rings (SSSR count). The van der Waals surface area contributed by atoms with Crippen molar-refractivity contribution in [1.29, 1.82) is 0 Å². The standard InChI is InChI=1S/C20H23ClN4O3/c1-19(2)20(3,23-28-17(26)22-15-12-10-14(21)11-13-15)25(18(27)24(19)4)16-8-6-5-7-9-16/h5-13,23H,1-4H3,(H,22,26)/t20-/m1/s1. The first-order valence-electron chi connectivity index (χ1n) is 8.80. The second-order valence-corrected chi connectivity index (χ2v) is 7.70. The predicted molar refractivity (Wildman–Crippen MR) is 109 cm³/mol. The van der Waals surface area contributed by atoms with E-state index < -0.39 is 17.3 Å². The number of anilines is 2. The molecule has 1 saturated heterocycles. The van der Waals surface area contributed by atoms with Crippen molar-refractivity contribution >= 4 is 35.1 Å². The molecule has 0 radical (unpaired) electrons. The SMILES string of the molecule is CN1C(=O)N(c2ccccc2)[C@@](C)(NOC(=O)Nc2ccc(Cl)cc2)C1(C)C. The van der Waals surface area contributed by atoms with Gasteiger partial charge in [-0.15, -0.1) is 5.48 Å². The smallest absolute Gasteiger partial charge is 0.351 e. The highest BCUT2D eigenvalue weighted by atomic mass is 35.5. The number of benzene rings is 2. The van der Waals surface area contributed by atoms with Crippen LogP contribution in [0.1, 0.15) is 20.8 Å². The van der Waals surface area contributed by atoms with Crippen molar-refractivity contribution in [2.45, 2.75) is 32.0 Å². The van der Waals surface area contributed by atoms with E-state index in [9.17, 15) is 9.59 Å². The molecule has 0 saturated carbocycles. The zero-order valence-corrected chi connectivity index (χ0v) is 16.9. The Bertz CT molecular complexity index is 873. The minimum Gasteiger partial charge on any atom is -0.351 e. The number of hydrogen-bond donors (Lipinski definition) is 2. The minimum absolute atomic E-state index is 0.201. The molecule has 2 aromatic rings. The zero-order chi connectivity index (χ0) is 20.5. The van der Waals surface area contributed by atoms with E-state index in [4.69, 9.17) is 16.4 Å². The quantitative estimate of drug-likeness (QED) is 0.740. The van der Waals surface area contributed by atoms with Crippen LogP contribution >= 0.6 is 11.6 Å². The van der Waals surface area contributed by atoms with Gasteiger partial charge in [-0.25, -0.2) is 9.59 Å². The highest BCUT2D eigenvalue weighted by Gasteiger charge is 2.60. The van der Waals surface area contributed by atoms with Crippen LogP contribution < -0.4 is 15.7 Å². The van der Waals surface area contributed by atoms with E-state index in [0.29, 0.717) is 16.4 Å². The molecule has 7 nitrogen and oxygen atoms in total. The lowest BCUT2D eigenvalue weighted by molar-refractivity contribution is 0.00468. The van der Waals surface area contributed by atoms with E-state index in [2.05, 4.69) is 10.8 Å². The molecule has 0 aromatic heterocycles. The van der Waals surface area contributed by atoms with Gasteiger partial charge in [-0.05, 0) is 57.2 Å². The summed E-state index contributed by atoms with van der Waals surface area (Å²) in [7, 11) is 1.72. The number of halogens is 1. The average molecular weight is 403 g/mol. The Labute approximate surface area is 169 Å². The summed E-state index contributed by atoms with van der Waals surface area (Å²) in [5.41, 5.74) is 2.36. The molecule has 1 heterocycles. The van der Waals surface area contributed by atoms with Crippen LogP contribution in [0.2, 0.25) is 5.02 Å². The Morgan fingerprint density at radius 2 is 1.64 bits per heavy atom. The monoisotopic (exact) mass is 402 g/mol. The summed E-state index contributed by atoms with van der Waals surface area (Å²) < 4.78 is 0. The summed E-state index contributed by atoms with van der Waals surface area (Å²) in [5, 5.41) is 3.18. The maximum absolute atomic E-state index is 12.9. The number of carbonyl (C=O) groups excluding carboxylic acids is 2. The maximum atomic E-state index is 12.9. The average Bonchev–Trinajstić information content (AvgIpc) is 2.80. The van der Waals surface area contributed by atoms with Crippen LogP contribution in [-0.2, 0) is 4.84 Å². The molecule has 148 valence electrons. The van der Waals surface area contributed by atoms with Crippen LogP contribution in [0.4, 0.5) is 21.0 Å². The van der Waals surface area contributed by atoms with Crippen LogP contribution in [0.25, 0.3) is 0 Å². The Morgan fingerprint density at radius 3 is 2.25 bits per heavy atom. The fourth-order valence-corrected chi connectivity index (χ4v) is 3.25. The van der Waals surface area contributed by atoms with Crippen molar-refractivity contribution in [2.24, 2.45) is 0 Å². The highest BCUT2D eigenvalue weighted by Crippen LogP contribution is 2.41. The van der Waals surface area contributed by atoms with Crippen LogP contribution in [-0.4, -0.2) is 35.3 Å². The Kier molecular flexibility index (Phi) is 5.23. The van der Waals surface area contributed by atoms with Gasteiger partial charge in [0.05, 0.1) is 5.54 Å². The molecule has 1 atom stereocenters. The van der Waals surface area contributed by atoms with Gasteiger partial charge in [-0.2, -0.15) is 0 Å². The number of rotatable bonds is 4. The second kappa shape index (κ2) is 7.33. The van der Waals surface area contributed by atoms with Gasteiger partial charge in [0.2, 0.25) is 0 Å². The Hall–Kier alpha value is -2.77. The topological polar surface area (TPSA) is 73.9 Å². The van der Waals surface area contributed by atoms with Gasteiger partial charge in [0, 0.05) is 23.4 Å². The fraction of sp³-hybridized carbons (Fsp3) is 0.300. The maximum Gasteiger partial charge on any atom is 0.430 e. The number of nitrogens with zero attached hydrogens (tertiary/aromatic N) is 2. The number of carbonyl (C=O) groups is 2. The van der Waals surface area contributed by atoms with Crippen molar-refractivity contribution in [3.05, 3.63) is 59.6 Å². The lowest BCUT2D eigenvalue weighted by atomic mass is 9.89.